The van der Waals surface area contributed by atoms with Crippen LogP contribution in [0.4, 0.5) is 0 Å². The maximum atomic E-state index is 12.8. The van der Waals surface area contributed by atoms with E-state index in [2.05, 4.69) is 27.9 Å². The summed E-state index contributed by atoms with van der Waals surface area (Å²) in [6, 6.07) is 6.05. The SMILES string of the molecule is CN(C)Cc1nc(-n2cnc(C(=O)N3CCN(C)CC3)c2)n2ccccc12. The van der Waals surface area contributed by atoms with Gasteiger partial charge in [0, 0.05) is 45.1 Å². The summed E-state index contributed by atoms with van der Waals surface area (Å²) in [4.78, 5) is 28.1. The first kappa shape index (κ1) is 17.7. The van der Waals surface area contributed by atoms with Crippen molar-refractivity contribution in [3.8, 4) is 5.95 Å². The van der Waals surface area contributed by atoms with Crippen LogP contribution in [0.1, 0.15) is 16.2 Å². The van der Waals surface area contributed by atoms with Gasteiger partial charge in [-0.3, -0.25) is 13.8 Å². The first-order valence-corrected chi connectivity index (χ1v) is 9.16. The smallest absolute Gasteiger partial charge is 0.274 e. The summed E-state index contributed by atoms with van der Waals surface area (Å²) in [5, 5.41) is 0. The lowest BCUT2D eigenvalue weighted by atomic mass is 10.3. The Kier molecular flexibility index (Phi) is 4.67. The lowest BCUT2D eigenvalue weighted by molar-refractivity contribution is 0.0658. The number of piperazine rings is 1. The van der Waals surface area contributed by atoms with Gasteiger partial charge in [0.25, 0.3) is 5.91 Å². The first-order valence-electron chi connectivity index (χ1n) is 9.16. The molecule has 27 heavy (non-hydrogen) atoms. The number of aromatic nitrogens is 4. The van der Waals surface area contributed by atoms with Crippen LogP contribution < -0.4 is 0 Å². The van der Waals surface area contributed by atoms with Gasteiger partial charge in [-0.25, -0.2) is 9.97 Å². The zero-order chi connectivity index (χ0) is 19.0. The molecule has 0 unspecified atom stereocenters. The van der Waals surface area contributed by atoms with E-state index in [1.165, 1.54) is 0 Å². The van der Waals surface area contributed by atoms with Crippen molar-refractivity contribution in [2.75, 3.05) is 47.3 Å². The average Bonchev–Trinajstić information content (AvgIpc) is 3.27. The summed E-state index contributed by atoms with van der Waals surface area (Å²) in [6.07, 6.45) is 5.44. The van der Waals surface area contributed by atoms with E-state index in [1.807, 2.05) is 46.3 Å². The quantitative estimate of drug-likeness (QED) is 0.688. The maximum Gasteiger partial charge on any atom is 0.274 e. The molecule has 0 aliphatic carbocycles. The summed E-state index contributed by atoms with van der Waals surface area (Å²) >= 11 is 0. The lowest BCUT2D eigenvalue weighted by Gasteiger charge is -2.31. The number of imidazole rings is 2. The van der Waals surface area contributed by atoms with Crippen LogP contribution in [0.3, 0.4) is 0 Å². The lowest BCUT2D eigenvalue weighted by Crippen LogP contribution is -2.47. The van der Waals surface area contributed by atoms with Gasteiger partial charge in [-0.1, -0.05) is 6.07 Å². The van der Waals surface area contributed by atoms with E-state index in [9.17, 15) is 4.79 Å². The number of rotatable bonds is 4. The third-order valence-electron chi connectivity index (χ3n) is 4.90. The van der Waals surface area contributed by atoms with Gasteiger partial charge < -0.3 is 14.7 Å². The molecule has 142 valence electrons. The van der Waals surface area contributed by atoms with E-state index in [4.69, 9.17) is 4.98 Å². The number of hydrogen-bond donors (Lipinski definition) is 0. The molecule has 1 fully saturated rings. The normalized spacial score (nSPS) is 15.8. The van der Waals surface area contributed by atoms with Gasteiger partial charge in [-0.15, -0.1) is 0 Å². The average molecular weight is 367 g/mol. The van der Waals surface area contributed by atoms with Crippen LogP contribution in [0.5, 0.6) is 0 Å². The molecule has 1 aliphatic rings. The number of carbonyl (C=O) groups excluding carboxylic acids is 1. The zero-order valence-electron chi connectivity index (χ0n) is 16.0. The molecule has 4 rings (SSSR count). The monoisotopic (exact) mass is 367 g/mol. The molecule has 4 heterocycles. The number of amides is 1. The molecule has 0 bridgehead atoms. The van der Waals surface area contributed by atoms with Crippen molar-refractivity contribution in [3.63, 3.8) is 0 Å². The molecule has 1 saturated heterocycles. The Bertz CT molecular complexity index is 950. The topological polar surface area (TPSA) is 61.9 Å². The Morgan fingerprint density at radius 1 is 1.19 bits per heavy atom. The highest BCUT2D eigenvalue weighted by Gasteiger charge is 2.23. The molecular formula is C19H25N7O. The predicted octanol–water partition coefficient (Wildman–Crippen LogP) is 0.969. The standard InChI is InChI=1S/C19H25N7O/c1-22(2)12-15-17-6-4-5-7-26(17)19(21-15)25-13-16(20-14-25)18(27)24-10-8-23(3)9-11-24/h4-7,13-14H,8-12H2,1-3H3. The molecular weight excluding hydrogens is 342 g/mol. The van der Waals surface area contributed by atoms with E-state index in [-0.39, 0.29) is 5.91 Å². The summed E-state index contributed by atoms with van der Waals surface area (Å²) in [5.41, 5.74) is 2.51. The van der Waals surface area contributed by atoms with E-state index in [1.54, 1.807) is 12.5 Å². The second-order valence-corrected chi connectivity index (χ2v) is 7.31. The molecule has 0 spiro atoms. The van der Waals surface area contributed by atoms with Crippen molar-refractivity contribution in [1.29, 1.82) is 0 Å². The highest BCUT2D eigenvalue weighted by Crippen LogP contribution is 2.18. The minimum atomic E-state index is -0.0174. The Morgan fingerprint density at radius 3 is 2.70 bits per heavy atom. The third kappa shape index (κ3) is 3.45. The second kappa shape index (κ2) is 7.13. The van der Waals surface area contributed by atoms with Gasteiger partial charge >= 0.3 is 0 Å². The Balaban J connectivity index is 1.64. The Hall–Kier alpha value is -2.71. The van der Waals surface area contributed by atoms with Crippen LogP contribution in [0.2, 0.25) is 0 Å². The molecule has 0 atom stereocenters. The highest BCUT2D eigenvalue weighted by atomic mass is 16.2. The van der Waals surface area contributed by atoms with Gasteiger partial charge in [0.15, 0.2) is 0 Å². The predicted molar refractivity (Wildman–Crippen MR) is 103 cm³/mol. The molecule has 1 amide bonds. The van der Waals surface area contributed by atoms with Crippen molar-refractivity contribution >= 4 is 11.4 Å². The molecule has 8 nitrogen and oxygen atoms in total. The van der Waals surface area contributed by atoms with Crippen LogP contribution in [0, 0.1) is 0 Å². The maximum absolute atomic E-state index is 12.8. The fraction of sp³-hybridized carbons (Fsp3) is 0.421. The van der Waals surface area contributed by atoms with Crippen LogP contribution in [-0.2, 0) is 6.54 Å². The number of fused-ring (bicyclic) bond motifs is 1. The van der Waals surface area contributed by atoms with Crippen molar-refractivity contribution in [2.45, 2.75) is 6.54 Å². The summed E-state index contributed by atoms with van der Waals surface area (Å²) in [5.74, 6) is 0.726. The van der Waals surface area contributed by atoms with Crippen LogP contribution >= 0.6 is 0 Å². The Labute approximate surface area is 158 Å². The minimum absolute atomic E-state index is 0.0174. The van der Waals surface area contributed by atoms with Crippen molar-refractivity contribution in [2.24, 2.45) is 0 Å². The largest absolute Gasteiger partial charge is 0.335 e. The van der Waals surface area contributed by atoms with Gasteiger partial charge in [-0.05, 0) is 33.3 Å². The summed E-state index contributed by atoms with van der Waals surface area (Å²) < 4.78 is 3.86. The van der Waals surface area contributed by atoms with E-state index >= 15 is 0 Å². The van der Waals surface area contributed by atoms with Gasteiger partial charge in [0.05, 0.1) is 11.2 Å². The fourth-order valence-electron chi connectivity index (χ4n) is 3.40. The van der Waals surface area contributed by atoms with Crippen LogP contribution in [0.25, 0.3) is 11.5 Å². The zero-order valence-corrected chi connectivity index (χ0v) is 16.0. The minimum Gasteiger partial charge on any atom is -0.335 e. The summed E-state index contributed by atoms with van der Waals surface area (Å²) in [6.45, 7) is 4.01. The van der Waals surface area contributed by atoms with E-state index < -0.39 is 0 Å². The fourth-order valence-corrected chi connectivity index (χ4v) is 3.40. The van der Waals surface area contributed by atoms with Crippen molar-refractivity contribution < 1.29 is 4.79 Å². The molecule has 0 N–H and O–H groups in total. The van der Waals surface area contributed by atoms with Gasteiger partial charge in [0.1, 0.15) is 12.0 Å². The number of hydrogen-bond acceptors (Lipinski definition) is 5. The van der Waals surface area contributed by atoms with Gasteiger partial charge in [0.2, 0.25) is 5.95 Å². The third-order valence-corrected chi connectivity index (χ3v) is 4.90. The number of pyridine rings is 1. The van der Waals surface area contributed by atoms with Gasteiger partial charge in [-0.2, -0.15) is 0 Å². The molecule has 1 aliphatic heterocycles. The first-order chi connectivity index (χ1) is 13.0. The number of carbonyl (C=O) groups is 1. The second-order valence-electron chi connectivity index (χ2n) is 7.31. The molecule has 8 heteroatoms. The highest BCUT2D eigenvalue weighted by molar-refractivity contribution is 5.92. The van der Waals surface area contributed by atoms with Crippen molar-refractivity contribution in [3.05, 3.63) is 48.3 Å². The number of nitrogens with zero attached hydrogens (tertiary/aromatic N) is 7. The molecule has 3 aromatic rings. The Morgan fingerprint density at radius 2 is 1.96 bits per heavy atom. The molecule has 3 aromatic heterocycles. The number of likely N-dealkylation sites (N-methyl/N-ethyl adjacent to an activating group) is 1. The molecule has 0 radical (unpaired) electrons. The molecule has 0 aromatic carbocycles. The van der Waals surface area contributed by atoms with Crippen LogP contribution in [0.15, 0.2) is 36.9 Å². The van der Waals surface area contributed by atoms with Crippen LogP contribution in [-0.4, -0.2) is 86.9 Å². The van der Waals surface area contributed by atoms with E-state index in [0.29, 0.717) is 5.69 Å². The molecule has 0 saturated carbocycles. The summed E-state index contributed by atoms with van der Waals surface area (Å²) in [7, 11) is 6.13. The van der Waals surface area contributed by atoms with E-state index in [0.717, 1.165) is 49.9 Å². The van der Waals surface area contributed by atoms with Crippen molar-refractivity contribution in [1.82, 2.24) is 33.6 Å².